The number of aryl methyl sites for hydroxylation is 1. The Hall–Kier alpha value is -1.79. The third kappa shape index (κ3) is 3.20. The Labute approximate surface area is 117 Å². The Kier molecular flexibility index (Phi) is 4.46. The summed E-state index contributed by atoms with van der Waals surface area (Å²) in [5, 5.41) is 13.0. The molecule has 0 saturated heterocycles. The van der Waals surface area contributed by atoms with Gasteiger partial charge >= 0.3 is 0 Å². The second kappa shape index (κ2) is 6.11. The molecule has 2 rings (SSSR count). The van der Waals surface area contributed by atoms with E-state index in [2.05, 4.69) is 10.1 Å². The van der Waals surface area contributed by atoms with Crippen LogP contribution < -0.4 is 0 Å². The van der Waals surface area contributed by atoms with Gasteiger partial charge in [0.2, 0.25) is 11.7 Å². The van der Waals surface area contributed by atoms with Gasteiger partial charge in [-0.2, -0.15) is 4.98 Å². The summed E-state index contributed by atoms with van der Waals surface area (Å²) < 4.78 is 18.4. The molecule has 1 heterocycles. The average Bonchev–Trinajstić information content (AvgIpc) is 2.89. The number of benzene rings is 1. The van der Waals surface area contributed by atoms with Crippen LogP contribution in [0.4, 0.5) is 4.39 Å². The van der Waals surface area contributed by atoms with E-state index < -0.39 is 0 Å². The lowest BCUT2D eigenvalue weighted by atomic mass is 10.1. The molecule has 0 saturated carbocycles. The van der Waals surface area contributed by atoms with Crippen LogP contribution in [-0.2, 0) is 6.54 Å². The van der Waals surface area contributed by atoms with Gasteiger partial charge in [0.25, 0.3) is 0 Å². The Morgan fingerprint density at radius 3 is 2.85 bits per heavy atom. The second-order valence-electron chi connectivity index (χ2n) is 4.92. The summed E-state index contributed by atoms with van der Waals surface area (Å²) in [6, 6.07) is 4.71. The van der Waals surface area contributed by atoms with Crippen LogP contribution in [0, 0.1) is 12.7 Å². The fourth-order valence-corrected chi connectivity index (χ4v) is 1.73. The Balaban J connectivity index is 2.14. The first-order chi connectivity index (χ1) is 9.51. The van der Waals surface area contributed by atoms with Gasteiger partial charge in [-0.25, -0.2) is 4.39 Å². The van der Waals surface area contributed by atoms with Crippen LogP contribution in [0.3, 0.4) is 0 Å². The fraction of sp³-hybridized carbons (Fsp3) is 0.429. The molecule has 0 aliphatic rings. The predicted molar refractivity (Wildman–Crippen MR) is 72.4 cm³/mol. The van der Waals surface area contributed by atoms with Gasteiger partial charge in [0.05, 0.1) is 13.2 Å². The quantitative estimate of drug-likeness (QED) is 0.907. The lowest BCUT2D eigenvalue weighted by molar-refractivity contribution is 0.142. The number of hydrogen-bond donors (Lipinski definition) is 1. The van der Waals surface area contributed by atoms with E-state index in [-0.39, 0.29) is 18.5 Å². The third-order valence-corrected chi connectivity index (χ3v) is 3.29. The first-order valence-corrected chi connectivity index (χ1v) is 6.41. The molecular weight excluding hydrogens is 261 g/mol. The molecule has 1 aromatic heterocycles. The minimum Gasteiger partial charge on any atom is -0.395 e. The van der Waals surface area contributed by atoms with Crippen LogP contribution in [0.1, 0.15) is 18.4 Å². The highest BCUT2D eigenvalue weighted by atomic mass is 19.1. The SMILES string of the molecule is Cc1cc(-c2noc(CN(C)C(C)CO)n2)ccc1F. The van der Waals surface area contributed by atoms with Crippen molar-refractivity contribution in [2.75, 3.05) is 13.7 Å². The molecule has 1 atom stereocenters. The molecule has 1 aromatic carbocycles. The maximum absolute atomic E-state index is 13.2. The number of hydrogen-bond acceptors (Lipinski definition) is 5. The van der Waals surface area contributed by atoms with E-state index in [1.807, 2.05) is 18.9 Å². The number of aliphatic hydroxyl groups excluding tert-OH is 1. The van der Waals surface area contributed by atoms with Crippen molar-refractivity contribution < 1.29 is 14.0 Å². The van der Waals surface area contributed by atoms with E-state index in [0.29, 0.717) is 23.8 Å². The van der Waals surface area contributed by atoms with Gasteiger partial charge in [-0.1, -0.05) is 5.16 Å². The average molecular weight is 279 g/mol. The van der Waals surface area contributed by atoms with Crippen LogP contribution in [0.2, 0.25) is 0 Å². The molecular formula is C14H18FN3O2. The summed E-state index contributed by atoms with van der Waals surface area (Å²) in [6.45, 7) is 4.11. The smallest absolute Gasteiger partial charge is 0.241 e. The highest BCUT2D eigenvalue weighted by molar-refractivity contribution is 5.55. The van der Waals surface area contributed by atoms with Crippen molar-refractivity contribution in [2.24, 2.45) is 0 Å². The van der Waals surface area contributed by atoms with E-state index in [1.54, 1.807) is 19.1 Å². The molecule has 0 aliphatic heterocycles. The highest BCUT2D eigenvalue weighted by Gasteiger charge is 2.14. The maximum Gasteiger partial charge on any atom is 0.241 e. The first kappa shape index (κ1) is 14.6. The van der Waals surface area contributed by atoms with Crippen LogP contribution >= 0.6 is 0 Å². The molecule has 0 fully saturated rings. The van der Waals surface area contributed by atoms with Crippen molar-refractivity contribution in [1.29, 1.82) is 0 Å². The molecule has 0 radical (unpaired) electrons. The predicted octanol–water partition coefficient (Wildman–Crippen LogP) is 2.00. The van der Waals surface area contributed by atoms with E-state index in [9.17, 15) is 4.39 Å². The van der Waals surface area contributed by atoms with Crippen molar-refractivity contribution in [2.45, 2.75) is 26.4 Å². The zero-order valence-corrected chi connectivity index (χ0v) is 11.8. The van der Waals surface area contributed by atoms with Gasteiger partial charge in [0.1, 0.15) is 5.82 Å². The summed E-state index contributed by atoms with van der Waals surface area (Å²) in [6.07, 6.45) is 0. The molecule has 0 bridgehead atoms. The minimum atomic E-state index is -0.256. The van der Waals surface area contributed by atoms with Gasteiger partial charge < -0.3 is 9.63 Å². The zero-order valence-electron chi connectivity index (χ0n) is 11.8. The number of halogens is 1. The monoisotopic (exact) mass is 279 g/mol. The third-order valence-electron chi connectivity index (χ3n) is 3.29. The van der Waals surface area contributed by atoms with Gasteiger partial charge in [-0.15, -0.1) is 0 Å². The maximum atomic E-state index is 13.2. The molecule has 0 amide bonds. The summed E-state index contributed by atoms with van der Waals surface area (Å²) >= 11 is 0. The van der Waals surface area contributed by atoms with E-state index in [1.165, 1.54) is 6.07 Å². The molecule has 0 spiro atoms. The highest BCUT2D eigenvalue weighted by Crippen LogP contribution is 2.19. The number of aliphatic hydroxyl groups is 1. The van der Waals surface area contributed by atoms with Gasteiger partial charge in [-0.05, 0) is 44.7 Å². The van der Waals surface area contributed by atoms with Crippen LogP contribution in [0.25, 0.3) is 11.4 Å². The van der Waals surface area contributed by atoms with Gasteiger partial charge in [-0.3, -0.25) is 4.90 Å². The minimum absolute atomic E-state index is 0.0124. The van der Waals surface area contributed by atoms with Crippen LogP contribution in [0.5, 0.6) is 0 Å². The molecule has 108 valence electrons. The normalized spacial score (nSPS) is 12.9. The zero-order chi connectivity index (χ0) is 14.7. The number of likely N-dealkylation sites (N-methyl/N-ethyl adjacent to an activating group) is 1. The van der Waals surface area contributed by atoms with Crippen molar-refractivity contribution in [3.05, 3.63) is 35.5 Å². The summed E-state index contributed by atoms with van der Waals surface area (Å²) in [4.78, 5) is 6.19. The molecule has 20 heavy (non-hydrogen) atoms. The van der Waals surface area contributed by atoms with Crippen molar-refractivity contribution >= 4 is 0 Å². The second-order valence-corrected chi connectivity index (χ2v) is 4.92. The van der Waals surface area contributed by atoms with E-state index >= 15 is 0 Å². The van der Waals surface area contributed by atoms with Gasteiger partial charge in [0, 0.05) is 11.6 Å². The fourth-order valence-electron chi connectivity index (χ4n) is 1.73. The van der Waals surface area contributed by atoms with E-state index in [4.69, 9.17) is 9.63 Å². The largest absolute Gasteiger partial charge is 0.395 e. The summed E-state index contributed by atoms with van der Waals surface area (Å²) in [5.74, 6) is 0.645. The van der Waals surface area contributed by atoms with E-state index in [0.717, 1.165) is 5.56 Å². The standard InChI is InChI=1S/C14H18FN3O2/c1-9-6-11(4-5-12(9)15)14-16-13(20-17-14)7-18(3)10(2)8-19/h4-6,10,19H,7-8H2,1-3H3. The molecule has 5 nitrogen and oxygen atoms in total. The lowest BCUT2D eigenvalue weighted by Crippen LogP contribution is -2.31. The topological polar surface area (TPSA) is 62.4 Å². The Bertz CT molecular complexity index is 586. The van der Waals surface area contributed by atoms with Crippen LogP contribution in [0.15, 0.2) is 22.7 Å². The molecule has 2 aromatic rings. The van der Waals surface area contributed by atoms with Crippen molar-refractivity contribution in [3.63, 3.8) is 0 Å². The number of nitrogens with zero attached hydrogens (tertiary/aromatic N) is 3. The molecule has 1 N–H and O–H groups in total. The lowest BCUT2D eigenvalue weighted by Gasteiger charge is -2.20. The molecule has 0 aliphatic carbocycles. The molecule has 6 heteroatoms. The van der Waals surface area contributed by atoms with Crippen molar-refractivity contribution in [3.8, 4) is 11.4 Å². The summed E-state index contributed by atoms with van der Waals surface area (Å²) in [7, 11) is 1.87. The molecule has 1 unspecified atom stereocenters. The summed E-state index contributed by atoms with van der Waals surface area (Å²) in [5.41, 5.74) is 1.26. The number of rotatable bonds is 5. The Morgan fingerprint density at radius 2 is 2.20 bits per heavy atom. The van der Waals surface area contributed by atoms with Crippen LogP contribution in [-0.4, -0.2) is 39.8 Å². The first-order valence-electron chi connectivity index (χ1n) is 6.41. The van der Waals surface area contributed by atoms with Gasteiger partial charge in [0.15, 0.2) is 0 Å². The number of aromatic nitrogens is 2. The van der Waals surface area contributed by atoms with Crippen molar-refractivity contribution in [1.82, 2.24) is 15.0 Å². The Morgan fingerprint density at radius 1 is 1.45 bits per heavy atom.